The van der Waals surface area contributed by atoms with Gasteiger partial charge in [0.2, 0.25) is 5.78 Å². The molecule has 1 unspecified atom stereocenters. The third-order valence-corrected chi connectivity index (χ3v) is 5.70. The highest BCUT2D eigenvalue weighted by molar-refractivity contribution is 8.01. The molecule has 0 aromatic heterocycles. The maximum atomic E-state index is 12.2. The second kappa shape index (κ2) is 9.22. The van der Waals surface area contributed by atoms with Crippen LogP contribution in [0.2, 0.25) is 10.0 Å². The number of ether oxygens (including phenoxy) is 2. The summed E-state index contributed by atoms with van der Waals surface area (Å²) < 4.78 is 11.5. The van der Waals surface area contributed by atoms with Crippen LogP contribution in [0.25, 0.3) is 0 Å². The number of carbonyl (C=O) groups is 1. The first-order valence-corrected chi connectivity index (χ1v) is 9.78. The molecular formula is C19H18Cl2O4S. The molecule has 0 bridgehead atoms. The van der Waals surface area contributed by atoms with Gasteiger partial charge in [-0.15, -0.1) is 11.8 Å². The van der Waals surface area contributed by atoms with E-state index in [0.717, 1.165) is 11.1 Å². The van der Waals surface area contributed by atoms with Gasteiger partial charge in [0.05, 0.1) is 25.1 Å². The number of hydrogen-bond acceptors (Lipinski definition) is 5. The van der Waals surface area contributed by atoms with Crippen molar-refractivity contribution >= 4 is 40.7 Å². The molecule has 3 rings (SSSR count). The molecule has 1 N–H and O–H groups in total. The van der Waals surface area contributed by atoms with Crippen molar-refractivity contribution in [3.05, 3.63) is 69.7 Å². The molecule has 26 heavy (non-hydrogen) atoms. The average Bonchev–Trinajstić information content (AvgIpc) is 2.90. The van der Waals surface area contributed by atoms with Crippen LogP contribution in [-0.2, 0) is 27.5 Å². The second-order valence-corrected chi connectivity index (χ2v) is 8.13. The van der Waals surface area contributed by atoms with Crippen LogP contribution in [0.5, 0.6) is 0 Å². The first kappa shape index (κ1) is 19.7. The molecule has 0 aliphatic carbocycles. The van der Waals surface area contributed by atoms with Gasteiger partial charge < -0.3 is 14.6 Å². The Balaban J connectivity index is 1.53. The van der Waals surface area contributed by atoms with Crippen molar-refractivity contribution in [2.45, 2.75) is 30.0 Å². The second-order valence-electron chi connectivity index (χ2n) is 5.93. The smallest absolute Gasteiger partial charge is 0.201 e. The van der Waals surface area contributed by atoms with Crippen LogP contribution in [0.4, 0.5) is 0 Å². The lowest BCUT2D eigenvalue weighted by Crippen LogP contribution is -2.33. The van der Waals surface area contributed by atoms with E-state index in [9.17, 15) is 9.90 Å². The van der Waals surface area contributed by atoms with Crippen molar-refractivity contribution in [2.75, 3.05) is 6.61 Å². The number of rotatable bonds is 7. The standard InChI is InChI=1S/C19H18Cl2O4S/c20-14-5-1-12(2-6-14)9-24-11-16-18(17(22)19(23)26-16)25-10-13-3-7-15(21)8-4-13/h1-8,16,18-19,23H,9-11H2/t16-,18-,19?/m1/s1. The van der Waals surface area contributed by atoms with Gasteiger partial charge >= 0.3 is 0 Å². The lowest BCUT2D eigenvalue weighted by atomic mass is 10.1. The number of Topliss-reactive ketones (excluding diaryl/α,β-unsaturated/α-hetero) is 1. The van der Waals surface area contributed by atoms with E-state index in [1.807, 2.05) is 24.3 Å². The van der Waals surface area contributed by atoms with Gasteiger partial charge in [-0.3, -0.25) is 4.79 Å². The van der Waals surface area contributed by atoms with Gasteiger partial charge in [0.1, 0.15) is 6.10 Å². The van der Waals surface area contributed by atoms with E-state index >= 15 is 0 Å². The lowest BCUT2D eigenvalue weighted by Gasteiger charge is -2.18. The van der Waals surface area contributed by atoms with E-state index in [4.69, 9.17) is 32.7 Å². The van der Waals surface area contributed by atoms with E-state index in [2.05, 4.69) is 0 Å². The van der Waals surface area contributed by atoms with E-state index in [1.54, 1.807) is 24.3 Å². The van der Waals surface area contributed by atoms with Crippen LogP contribution in [0, 0.1) is 0 Å². The minimum Gasteiger partial charge on any atom is -0.376 e. The highest BCUT2D eigenvalue weighted by Crippen LogP contribution is 2.32. The summed E-state index contributed by atoms with van der Waals surface area (Å²) in [5.41, 5.74) is 0.826. The summed E-state index contributed by atoms with van der Waals surface area (Å²) in [4.78, 5) is 12.2. The highest BCUT2D eigenvalue weighted by Gasteiger charge is 2.43. The Labute approximate surface area is 166 Å². The molecular weight excluding hydrogens is 395 g/mol. The highest BCUT2D eigenvalue weighted by atomic mass is 35.5. The summed E-state index contributed by atoms with van der Waals surface area (Å²) in [5.74, 6) is -0.316. The Morgan fingerprint density at radius 2 is 1.46 bits per heavy atom. The molecule has 2 aromatic rings. The van der Waals surface area contributed by atoms with Crippen LogP contribution in [0.1, 0.15) is 11.1 Å². The molecule has 0 spiro atoms. The number of aliphatic hydroxyl groups excluding tert-OH is 1. The lowest BCUT2D eigenvalue weighted by molar-refractivity contribution is -0.134. The van der Waals surface area contributed by atoms with Gasteiger partial charge in [0, 0.05) is 10.0 Å². The van der Waals surface area contributed by atoms with Crippen LogP contribution in [-0.4, -0.2) is 34.3 Å². The summed E-state index contributed by atoms with van der Waals surface area (Å²) in [6, 6.07) is 14.6. The van der Waals surface area contributed by atoms with Crippen molar-refractivity contribution in [1.82, 2.24) is 0 Å². The number of carbonyl (C=O) groups excluding carboxylic acids is 1. The number of thioether (sulfide) groups is 1. The van der Waals surface area contributed by atoms with E-state index in [1.165, 1.54) is 11.8 Å². The van der Waals surface area contributed by atoms with Gasteiger partial charge in [0.25, 0.3) is 0 Å². The number of ketones is 1. The fourth-order valence-corrected chi connectivity index (χ4v) is 3.97. The summed E-state index contributed by atoms with van der Waals surface area (Å²) in [6.07, 6.45) is -0.698. The number of aliphatic hydroxyl groups is 1. The molecule has 2 aromatic carbocycles. The van der Waals surface area contributed by atoms with E-state index < -0.39 is 11.5 Å². The molecule has 1 aliphatic rings. The zero-order chi connectivity index (χ0) is 18.5. The third kappa shape index (κ3) is 5.22. The molecule has 1 heterocycles. The molecule has 7 heteroatoms. The first-order valence-electron chi connectivity index (χ1n) is 8.08. The Hall–Kier alpha value is -1.08. The molecule has 1 saturated heterocycles. The zero-order valence-electron chi connectivity index (χ0n) is 13.8. The number of hydrogen-bond donors (Lipinski definition) is 1. The quantitative estimate of drug-likeness (QED) is 0.741. The number of benzene rings is 2. The fraction of sp³-hybridized carbons (Fsp3) is 0.316. The monoisotopic (exact) mass is 412 g/mol. The normalized spacial score (nSPS) is 22.7. The molecule has 0 amide bonds. The molecule has 0 radical (unpaired) electrons. The fourth-order valence-electron chi connectivity index (χ4n) is 2.58. The van der Waals surface area contributed by atoms with E-state index in [0.29, 0.717) is 23.3 Å². The van der Waals surface area contributed by atoms with Crippen LogP contribution >= 0.6 is 35.0 Å². The van der Waals surface area contributed by atoms with Gasteiger partial charge in [-0.1, -0.05) is 47.5 Å². The van der Waals surface area contributed by atoms with E-state index in [-0.39, 0.29) is 17.6 Å². The van der Waals surface area contributed by atoms with Gasteiger partial charge in [-0.25, -0.2) is 0 Å². The maximum Gasteiger partial charge on any atom is 0.201 e. The Morgan fingerprint density at radius 3 is 2.04 bits per heavy atom. The topological polar surface area (TPSA) is 55.8 Å². The van der Waals surface area contributed by atoms with Gasteiger partial charge in [0.15, 0.2) is 5.44 Å². The Kier molecular flexibility index (Phi) is 6.98. The number of halogens is 2. The average molecular weight is 413 g/mol. The molecule has 0 saturated carbocycles. The summed E-state index contributed by atoms with van der Waals surface area (Å²) in [6.45, 7) is 0.984. The SMILES string of the molecule is O=C1C(O)S[C@H](COCc2ccc(Cl)cc2)[C@H]1OCc1ccc(Cl)cc1. The predicted octanol–water partition coefficient (Wildman–Crippen LogP) is 4.10. The minimum atomic E-state index is -1.07. The van der Waals surface area contributed by atoms with Crippen molar-refractivity contribution < 1.29 is 19.4 Å². The summed E-state index contributed by atoms with van der Waals surface area (Å²) in [7, 11) is 0. The Morgan fingerprint density at radius 1 is 0.923 bits per heavy atom. The molecule has 1 fully saturated rings. The molecule has 3 atom stereocenters. The molecule has 138 valence electrons. The summed E-state index contributed by atoms with van der Waals surface area (Å²) >= 11 is 12.9. The van der Waals surface area contributed by atoms with Crippen molar-refractivity contribution in [3.63, 3.8) is 0 Å². The maximum absolute atomic E-state index is 12.2. The Bertz CT molecular complexity index is 736. The molecule has 1 aliphatic heterocycles. The van der Waals surface area contributed by atoms with Gasteiger partial charge in [-0.05, 0) is 35.4 Å². The molecule has 4 nitrogen and oxygen atoms in total. The van der Waals surface area contributed by atoms with Crippen molar-refractivity contribution in [2.24, 2.45) is 0 Å². The van der Waals surface area contributed by atoms with Crippen LogP contribution in [0.15, 0.2) is 48.5 Å². The summed E-state index contributed by atoms with van der Waals surface area (Å²) in [5, 5.41) is 10.9. The van der Waals surface area contributed by atoms with Crippen LogP contribution in [0.3, 0.4) is 0 Å². The zero-order valence-corrected chi connectivity index (χ0v) is 16.1. The van der Waals surface area contributed by atoms with Gasteiger partial charge in [-0.2, -0.15) is 0 Å². The third-order valence-electron chi connectivity index (χ3n) is 3.97. The largest absolute Gasteiger partial charge is 0.376 e. The minimum absolute atomic E-state index is 0.253. The predicted molar refractivity (Wildman–Crippen MR) is 104 cm³/mol. The van der Waals surface area contributed by atoms with Crippen molar-refractivity contribution in [3.8, 4) is 0 Å². The van der Waals surface area contributed by atoms with Crippen LogP contribution < -0.4 is 0 Å². The first-order chi connectivity index (χ1) is 12.5. The van der Waals surface area contributed by atoms with Crippen molar-refractivity contribution in [1.29, 1.82) is 0 Å².